The maximum atomic E-state index is 11.2. The first-order valence-electron chi connectivity index (χ1n) is 6.09. The summed E-state index contributed by atoms with van der Waals surface area (Å²) < 4.78 is 0. The first-order valence-corrected chi connectivity index (χ1v) is 6.09. The molecule has 0 heterocycles. The van der Waals surface area contributed by atoms with E-state index in [1.807, 2.05) is 0 Å². The molecule has 0 atom stereocenters. The minimum Gasteiger partial charge on any atom is -0.478 e. The maximum absolute atomic E-state index is 11.2. The smallest absolute Gasteiger partial charge is 0.337 e. The van der Waals surface area contributed by atoms with Gasteiger partial charge in [0.15, 0.2) is 0 Å². The second-order valence-corrected chi connectivity index (χ2v) is 4.38. The molecule has 2 aromatic rings. The van der Waals surface area contributed by atoms with Crippen LogP contribution >= 0.6 is 0 Å². The van der Waals surface area contributed by atoms with E-state index in [1.54, 1.807) is 6.07 Å². The molecule has 0 spiro atoms. The molecule has 0 unspecified atom stereocenters. The summed E-state index contributed by atoms with van der Waals surface area (Å²) in [4.78, 5) is 33.1. The summed E-state index contributed by atoms with van der Waals surface area (Å²) in [5.41, 5.74) is 0.226. The lowest BCUT2D eigenvalue weighted by Gasteiger charge is -2.11. The van der Waals surface area contributed by atoms with Gasteiger partial charge >= 0.3 is 17.9 Å². The van der Waals surface area contributed by atoms with E-state index in [0.717, 1.165) is 0 Å². The highest BCUT2D eigenvalue weighted by atomic mass is 16.4. The van der Waals surface area contributed by atoms with Crippen molar-refractivity contribution in [3.8, 4) is 0 Å². The predicted octanol–water partition coefficient (Wildman–Crippen LogP) is 2.52. The van der Waals surface area contributed by atoms with Crippen LogP contribution in [0.2, 0.25) is 0 Å². The molecule has 0 bridgehead atoms. The highest BCUT2D eigenvalue weighted by Crippen LogP contribution is 2.23. The number of carboxylic acid groups (broad SMARTS) is 3. The Balaban J connectivity index is 2.45. The van der Waals surface area contributed by atoms with Crippen LogP contribution in [0, 0.1) is 0 Å². The highest BCUT2D eigenvalue weighted by molar-refractivity contribution is 5.98. The van der Waals surface area contributed by atoms with Crippen LogP contribution < -0.4 is 5.32 Å². The molecule has 7 heteroatoms. The summed E-state index contributed by atoms with van der Waals surface area (Å²) in [7, 11) is 0. The van der Waals surface area contributed by atoms with E-state index >= 15 is 0 Å². The van der Waals surface area contributed by atoms with E-state index in [0.29, 0.717) is 5.69 Å². The first kappa shape index (κ1) is 15.0. The Morgan fingerprint density at radius 2 is 1.41 bits per heavy atom. The Morgan fingerprint density at radius 3 is 2.00 bits per heavy atom. The quantitative estimate of drug-likeness (QED) is 0.668. The molecule has 0 saturated heterocycles. The molecule has 0 aliphatic heterocycles. The third-order valence-corrected chi connectivity index (χ3v) is 2.89. The summed E-state index contributed by atoms with van der Waals surface area (Å²) >= 11 is 0. The van der Waals surface area contributed by atoms with E-state index in [2.05, 4.69) is 5.32 Å². The summed E-state index contributed by atoms with van der Waals surface area (Å²) in [6.07, 6.45) is 0. The van der Waals surface area contributed by atoms with Crippen LogP contribution in [0.4, 0.5) is 11.4 Å². The van der Waals surface area contributed by atoms with Gasteiger partial charge in [-0.05, 0) is 36.4 Å². The van der Waals surface area contributed by atoms with Gasteiger partial charge in [-0.3, -0.25) is 0 Å². The summed E-state index contributed by atoms with van der Waals surface area (Å²) in [5.74, 6) is -3.55. The highest BCUT2D eigenvalue weighted by Gasteiger charge is 2.14. The average molecular weight is 301 g/mol. The van der Waals surface area contributed by atoms with Crippen LogP contribution in [0.5, 0.6) is 0 Å². The van der Waals surface area contributed by atoms with Gasteiger partial charge in [0, 0.05) is 5.69 Å². The van der Waals surface area contributed by atoms with Gasteiger partial charge in [0.1, 0.15) is 0 Å². The summed E-state index contributed by atoms with van der Waals surface area (Å²) in [5, 5.41) is 29.8. The van der Waals surface area contributed by atoms with Gasteiger partial charge in [-0.15, -0.1) is 0 Å². The predicted molar refractivity (Wildman–Crippen MR) is 77.0 cm³/mol. The van der Waals surface area contributed by atoms with Crippen molar-refractivity contribution in [2.75, 3.05) is 5.32 Å². The molecular formula is C15H11NO6. The first-order chi connectivity index (χ1) is 10.4. The molecule has 22 heavy (non-hydrogen) atoms. The molecule has 2 rings (SSSR count). The standard InChI is InChI=1S/C15H11NO6/c17-13(18)8-2-1-3-10(6-8)16-12-7-9(14(19)20)4-5-11(12)15(21)22/h1-7,16H,(H,17,18)(H,19,20)(H,21,22). The summed E-state index contributed by atoms with van der Waals surface area (Å²) in [6, 6.07) is 9.29. The fourth-order valence-corrected chi connectivity index (χ4v) is 1.85. The van der Waals surface area contributed by atoms with E-state index in [-0.39, 0.29) is 22.4 Å². The molecular weight excluding hydrogens is 290 g/mol. The molecule has 2 aromatic carbocycles. The fourth-order valence-electron chi connectivity index (χ4n) is 1.85. The fraction of sp³-hybridized carbons (Fsp3) is 0. The number of rotatable bonds is 5. The van der Waals surface area contributed by atoms with Crippen molar-refractivity contribution in [2.45, 2.75) is 0 Å². The molecule has 0 radical (unpaired) electrons. The number of hydrogen-bond donors (Lipinski definition) is 4. The third-order valence-electron chi connectivity index (χ3n) is 2.89. The second kappa shape index (κ2) is 5.96. The van der Waals surface area contributed by atoms with Gasteiger partial charge < -0.3 is 20.6 Å². The van der Waals surface area contributed by atoms with E-state index in [4.69, 9.17) is 15.3 Å². The topological polar surface area (TPSA) is 124 Å². The summed E-state index contributed by atoms with van der Waals surface area (Å²) in [6.45, 7) is 0. The Kier molecular flexibility index (Phi) is 4.08. The van der Waals surface area contributed by atoms with E-state index in [1.165, 1.54) is 36.4 Å². The molecule has 0 fully saturated rings. The van der Waals surface area contributed by atoms with Crippen LogP contribution in [0.1, 0.15) is 31.1 Å². The number of hydrogen-bond acceptors (Lipinski definition) is 4. The monoisotopic (exact) mass is 301 g/mol. The van der Waals surface area contributed by atoms with Gasteiger partial charge in [-0.2, -0.15) is 0 Å². The lowest BCUT2D eigenvalue weighted by atomic mass is 10.1. The molecule has 0 aliphatic rings. The minimum absolute atomic E-state index is 0.0243. The molecule has 0 saturated carbocycles. The van der Waals surface area contributed by atoms with E-state index in [9.17, 15) is 14.4 Å². The van der Waals surface area contributed by atoms with Crippen molar-refractivity contribution in [3.63, 3.8) is 0 Å². The van der Waals surface area contributed by atoms with Gasteiger partial charge in [0.25, 0.3) is 0 Å². The van der Waals surface area contributed by atoms with Crippen molar-refractivity contribution in [1.82, 2.24) is 0 Å². The molecule has 0 aromatic heterocycles. The van der Waals surface area contributed by atoms with Crippen molar-refractivity contribution in [3.05, 3.63) is 59.2 Å². The Bertz CT molecular complexity index is 768. The Hall–Kier alpha value is -3.35. The second-order valence-electron chi connectivity index (χ2n) is 4.38. The molecule has 0 aliphatic carbocycles. The molecule has 112 valence electrons. The zero-order chi connectivity index (χ0) is 16.3. The SMILES string of the molecule is O=C(O)c1cccc(Nc2cc(C(=O)O)ccc2C(=O)O)c1. The molecule has 7 nitrogen and oxygen atoms in total. The third kappa shape index (κ3) is 3.21. The van der Waals surface area contributed by atoms with Gasteiger partial charge in [-0.1, -0.05) is 6.07 Å². The van der Waals surface area contributed by atoms with Crippen LogP contribution in [0.3, 0.4) is 0 Å². The number of nitrogens with one attached hydrogen (secondary N) is 1. The number of aromatic carboxylic acids is 3. The van der Waals surface area contributed by atoms with Gasteiger partial charge in [-0.25, -0.2) is 14.4 Å². The van der Waals surface area contributed by atoms with Crippen molar-refractivity contribution < 1.29 is 29.7 Å². The number of anilines is 2. The van der Waals surface area contributed by atoms with E-state index < -0.39 is 17.9 Å². The zero-order valence-electron chi connectivity index (χ0n) is 11.1. The van der Waals surface area contributed by atoms with Crippen molar-refractivity contribution in [2.24, 2.45) is 0 Å². The Labute approximate surface area is 124 Å². The number of benzene rings is 2. The Morgan fingerprint density at radius 1 is 0.773 bits per heavy atom. The van der Waals surface area contributed by atoms with Crippen LogP contribution in [-0.2, 0) is 0 Å². The zero-order valence-corrected chi connectivity index (χ0v) is 11.1. The lowest BCUT2D eigenvalue weighted by molar-refractivity contribution is 0.0682. The normalized spacial score (nSPS) is 10.0. The largest absolute Gasteiger partial charge is 0.478 e. The lowest BCUT2D eigenvalue weighted by Crippen LogP contribution is -2.06. The minimum atomic E-state index is -1.23. The van der Waals surface area contributed by atoms with Gasteiger partial charge in [0.05, 0.1) is 22.4 Å². The number of carboxylic acids is 3. The van der Waals surface area contributed by atoms with Gasteiger partial charge in [0.2, 0.25) is 0 Å². The maximum Gasteiger partial charge on any atom is 0.337 e. The van der Waals surface area contributed by atoms with Crippen LogP contribution in [0.25, 0.3) is 0 Å². The molecule has 4 N–H and O–H groups in total. The van der Waals surface area contributed by atoms with Crippen molar-refractivity contribution >= 4 is 29.3 Å². The van der Waals surface area contributed by atoms with Crippen LogP contribution in [0.15, 0.2) is 42.5 Å². The van der Waals surface area contributed by atoms with Crippen molar-refractivity contribution in [1.29, 1.82) is 0 Å². The number of carbonyl (C=O) groups is 3. The van der Waals surface area contributed by atoms with Crippen LogP contribution in [-0.4, -0.2) is 33.2 Å². The average Bonchev–Trinajstić information content (AvgIpc) is 2.47. The molecule has 0 amide bonds.